The van der Waals surface area contributed by atoms with Crippen LogP contribution < -0.4 is 5.32 Å². The molecule has 1 amide bonds. The molecular formula is C16H20N2O2. The van der Waals surface area contributed by atoms with Gasteiger partial charge in [-0.15, -0.1) is 0 Å². The molecule has 0 saturated carbocycles. The molecule has 4 heteroatoms. The Morgan fingerprint density at radius 3 is 2.95 bits per heavy atom. The summed E-state index contributed by atoms with van der Waals surface area (Å²) in [5.41, 5.74) is 0.738. The second-order valence-corrected chi connectivity index (χ2v) is 5.09. The van der Waals surface area contributed by atoms with Crippen LogP contribution in [0.3, 0.4) is 0 Å². The third-order valence-electron chi connectivity index (χ3n) is 3.61. The van der Waals surface area contributed by atoms with Crippen molar-refractivity contribution in [2.24, 2.45) is 5.92 Å². The van der Waals surface area contributed by atoms with E-state index in [9.17, 15) is 9.90 Å². The van der Waals surface area contributed by atoms with Crippen LogP contribution in [0.1, 0.15) is 37.0 Å². The zero-order valence-corrected chi connectivity index (χ0v) is 11.9. The summed E-state index contributed by atoms with van der Waals surface area (Å²) in [5, 5.41) is 13.8. The number of nitrogens with zero attached hydrogens (tertiary/aromatic N) is 1. The topological polar surface area (TPSA) is 62.2 Å². The molecule has 0 spiro atoms. The Hall–Kier alpha value is -2.10. The number of benzene rings is 1. The van der Waals surface area contributed by atoms with Crippen LogP contribution in [0.5, 0.6) is 5.75 Å². The first-order chi connectivity index (χ1) is 9.63. The second-order valence-electron chi connectivity index (χ2n) is 5.09. The van der Waals surface area contributed by atoms with E-state index in [0.717, 1.165) is 18.2 Å². The Morgan fingerprint density at radius 1 is 1.40 bits per heavy atom. The van der Waals surface area contributed by atoms with Gasteiger partial charge in [-0.25, -0.2) is 0 Å². The fourth-order valence-corrected chi connectivity index (χ4v) is 2.04. The third kappa shape index (κ3) is 3.07. The van der Waals surface area contributed by atoms with E-state index in [2.05, 4.69) is 24.1 Å². The van der Waals surface area contributed by atoms with E-state index in [1.165, 1.54) is 0 Å². The molecule has 0 aliphatic rings. The number of pyridine rings is 1. The van der Waals surface area contributed by atoms with Crippen molar-refractivity contribution in [3.63, 3.8) is 0 Å². The smallest absolute Gasteiger partial charge is 0.255 e. The van der Waals surface area contributed by atoms with Crippen LogP contribution in [0.25, 0.3) is 10.9 Å². The highest BCUT2D eigenvalue weighted by molar-refractivity contribution is 6.02. The molecule has 0 saturated heterocycles. The van der Waals surface area contributed by atoms with Gasteiger partial charge in [-0.2, -0.15) is 0 Å². The Morgan fingerprint density at radius 2 is 2.20 bits per heavy atom. The number of aromatic hydroxyl groups is 1. The van der Waals surface area contributed by atoms with Crippen molar-refractivity contribution in [1.82, 2.24) is 10.3 Å². The number of fused-ring (bicyclic) bond motifs is 1. The maximum absolute atomic E-state index is 12.1. The Balaban J connectivity index is 2.12. The van der Waals surface area contributed by atoms with Gasteiger partial charge in [-0.1, -0.05) is 32.4 Å². The lowest BCUT2D eigenvalue weighted by Crippen LogP contribution is -2.25. The Bertz CT molecular complexity index is 610. The highest BCUT2D eigenvalue weighted by atomic mass is 16.3. The predicted octanol–water partition coefficient (Wildman–Crippen LogP) is 3.11. The molecule has 0 radical (unpaired) electrons. The summed E-state index contributed by atoms with van der Waals surface area (Å²) in [7, 11) is 0. The van der Waals surface area contributed by atoms with E-state index in [4.69, 9.17) is 0 Å². The first kappa shape index (κ1) is 14.3. The monoisotopic (exact) mass is 272 g/mol. The van der Waals surface area contributed by atoms with Gasteiger partial charge in [0.25, 0.3) is 5.91 Å². The molecule has 2 aromatic rings. The van der Waals surface area contributed by atoms with Gasteiger partial charge in [0.1, 0.15) is 5.52 Å². The number of hydrogen-bond acceptors (Lipinski definition) is 3. The van der Waals surface area contributed by atoms with E-state index in [1.54, 1.807) is 24.4 Å². The summed E-state index contributed by atoms with van der Waals surface area (Å²) < 4.78 is 0. The van der Waals surface area contributed by atoms with Gasteiger partial charge in [0.2, 0.25) is 0 Å². The minimum atomic E-state index is -0.252. The van der Waals surface area contributed by atoms with Crippen LogP contribution >= 0.6 is 0 Å². The average Bonchev–Trinajstić information content (AvgIpc) is 2.47. The molecule has 1 aromatic heterocycles. The molecule has 106 valence electrons. The number of phenols is 1. The Labute approximate surface area is 118 Å². The first-order valence-electron chi connectivity index (χ1n) is 6.98. The van der Waals surface area contributed by atoms with Gasteiger partial charge in [0.15, 0.2) is 5.75 Å². The molecular weight excluding hydrogens is 252 g/mol. The van der Waals surface area contributed by atoms with E-state index in [1.807, 2.05) is 6.07 Å². The number of hydrogen-bond donors (Lipinski definition) is 2. The van der Waals surface area contributed by atoms with Crippen LogP contribution in [0.15, 0.2) is 30.5 Å². The summed E-state index contributed by atoms with van der Waals surface area (Å²) >= 11 is 0. The summed E-state index contributed by atoms with van der Waals surface area (Å²) in [6, 6.07) is 7.09. The molecule has 2 rings (SSSR count). The minimum absolute atomic E-state index is 0.0517. The van der Waals surface area contributed by atoms with Crippen LogP contribution in [-0.2, 0) is 0 Å². The number of amides is 1. The number of aromatic nitrogens is 1. The van der Waals surface area contributed by atoms with Crippen molar-refractivity contribution in [3.05, 3.63) is 36.0 Å². The largest absolute Gasteiger partial charge is 0.505 e. The van der Waals surface area contributed by atoms with Crippen LogP contribution in [0.2, 0.25) is 0 Å². The van der Waals surface area contributed by atoms with Crippen molar-refractivity contribution < 1.29 is 9.90 Å². The average molecular weight is 272 g/mol. The molecule has 0 aliphatic carbocycles. The van der Waals surface area contributed by atoms with E-state index in [0.29, 0.717) is 18.0 Å². The zero-order chi connectivity index (χ0) is 14.5. The SMILES string of the molecule is CCC(C)CCNC(=O)c1ccc2cccnc2c1O. The quantitative estimate of drug-likeness (QED) is 0.879. The molecule has 1 atom stereocenters. The zero-order valence-electron chi connectivity index (χ0n) is 11.9. The lowest BCUT2D eigenvalue weighted by Gasteiger charge is -2.11. The molecule has 0 fully saturated rings. The second kappa shape index (κ2) is 6.37. The molecule has 1 unspecified atom stereocenters. The standard InChI is InChI=1S/C16H20N2O2/c1-3-11(2)8-10-18-16(20)13-7-6-12-5-4-9-17-14(12)15(13)19/h4-7,9,11,19H,3,8,10H2,1-2H3,(H,18,20). The maximum Gasteiger partial charge on any atom is 0.255 e. The fraction of sp³-hybridized carbons (Fsp3) is 0.375. The maximum atomic E-state index is 12.1. The number of rotatable bonds is 5. The van der Waals surface area contributed by atoms with Gasteiger partial charge in [0.05, 0.1) is 5.56 Å². The van der Waals surface area contributed by atoms with Crippen molar-refractivity contribution in [3.8, 4) is 5.75 Å². The fourth-order valence-electron chi connectivity index (χ4n) is 2.04. The van der Waals surface area contributed by atoms with Gasteiger partial charge >= 0.3 is 0 Å². The summed E-state index contributed by atoms with van der Waals surface area (Å²) in [6.45, 7) is 4.91. The van der Waals surface area contributed by atoms with Gasteiger partial charge in [0, 0.05) is 18.1 Å². The normalized spacial score (nSPS) is 12.3. The molecule has 20 heavy (non-hydrogen) atoms. The van der Waals surface area contributed by atoms with Crippen LogP contribution in [0.4, 0.5) is 0 Å². The highest BCUT2D eigenvalue weighted by Gasteiger charge is 2.14. The van der Waals surface area contributed by atoms with E-state index < -0.39 is 0 Å². The van der Waals surface area contributed by atoms with E-state index >= 15 is 0 Å². The third-order valence-corrected chi connectivity index (χ3v) is 3.61. The number of nitrogens with one attached hydrogen (secondary N) is 1. The predicted molar refractivity (Wildman–Crippen MR) is 79.8 cm³/mol. The number of carbonyl (C=O) groups is 1. The van der Waals surface area contributed by atoms with Gasteiger partial charge in [-0.3, -0.25) is 9.78 Å². The van der Waals surface area contributed by atoms with Crippen molar-refractivity contribution >= 4 is 16.8 Å². The van der Waals surface area contributed by atoms with Crippen molar-refractivity contribution in [2.75, 3.05) is 6.54 Å². The number of phenolic OH excluding ortho intramolecular Hbond substituents is 1. The summed E-state index contributed by atoms with van der Waals surface area (Å²) in [5.74, 6) is 0.282. The summed E-state index contributed by atoms with van der Waals surface area (Å²) in [6.07, 6.45) is 3.64. The van der Waals surface area contributed by atoms with Crippen molar-refractivity contribution in [2.45, 2.75) is 26.7 Å². The van der Waals surface area contributed by atoms with Crippen LogP contribution in [-0.4, -0.2) is 22.5 Å². The number of carbonyl (C=O) groups excluding carboxylic acids is 1. The molecule has 4 nitrogen and oxygen atoms in total. The minimum Gasteiger partial charge on any atom is -0.505 e. The van der Waals surface area contributed by atoms with E-state index in [-0.39, 0.29) is 17.2 Å². The molecule has 0 aliphatic heterocycles. The van der Waals surface area contributed by atoms with Crippen LogP contribution in [0, 0.1) is 5.92 Å². The Kier molecular flexibility index (Phi) is 4.56. The van der Waals surface area contributed by atoms with Crippen molar-refractivity contribution in [1.29, 1.82) is 0 Å². The molecule has 1 aromatic carbocycles. The lowest BCUT2D eigenvalue weighted by atomic mass is 10.1. The summed E-state index contributed by atoms with van der Waals surface area (Å²) in [4.78, 5) is 16.2. The molecule has 2 N–H and O–H groups in total. The van der Waals surface area contributed by atoms with Gasteiger partial charge in [-0.05, 0) is 24.5 Å². The highest BCUT2D eigenvalue weighted by Crippen LogP contribution is 2.26. The molecule has 0 bridgehead atoms. The van der Waals surface area contributed by atoms with Gasteiger partial charge < -0.3 is 10.4 Å². The first-order valence-corrected chi connectivity index (χ1v) is 6.98. The lowest BCUT2D eigenvalue weighted by molar-refractivity contribution is 0.0949. The molecule has 1 heterocycles.